The molecule has 1 unspecified atom stereocenters. The van der Waals surface area contributed by atoms with Crippen molar-refractivity contribution in [3.63, 3.8) is 0 Å². The van der Waals surface area contributed by atoms with Crippen LogP contribution in [0.1, 0.15) is 42.9 Å². The van der Waals surface area contributed by atoms with Crippen molar-refractivity contribution < 1.29 is 0 Å². The molecule has 0 aliphatic carbocycles. The number of hydrogen-bond donors (Lipinski definition) is 1. The predicted octanol–water partition coefficient (Wildman–Crippen LogP) is 4.89. The third kappa shape index (κ3) is 3.29. The van der Waals surface area contributed by atoms with E-state index in [1.807, 2.05) is 7.05 Å². The molecule has 0 heterocycles. The zero-order valence-electron chi connectivity index (χ0n) is 13.0. The Morgan fingerprint density at radius 1 is 1.05 bits per heavy atom. The van der Waals surface area contributed by atoms with E-state index in [1.54, 1.807) is 0 Å². The first kappa shape index (κ1) is 14.8. The quantitative estimate of drug-likeness (QED) is 0.813. The van der Waals surface area contributed by atoms with E-state index in [1.165, 1.54) is 34.2 Å². The molecule has 2 aromatic rings. The molecule has 0 saturated carbocycles. The molecule has 20 heavy (non-hydrogen) atoms. The Labute approximate surface area is 123 Å². The molecule has 1 nitrogen and oxygen atoms in total. The standard InChI is InChI=1S/C19H25N/c1-5-15(3)16-8-10-17(11-9-16)19-12-14(2)6-7-18(19)13-20-4/h6-12,15,20H,5,13H2,1-4H3. The van der Waals surface area contributed by atoms with Gasteiger partial charge in [-0.25, -0.2) is 0 Å². The minimum absolute atomic E-state index is 0.637. The molecule has 0 fully saturated rings. The second-order valence-electron chi connectivity index (χ2n) is 5.62. The number of hydrogen-bond acceptors (Lipinski definition) is 1. The lowest BCUT2D eigenvalue weighted by Gasteiger charge is -2.13. The van der Waals surface area contributed by atoms with Gasteiger partial charge in [0.05, 0.1) is 0 Å². The second kappa shape index (κ2) is 6.71. The largest absolute Gasteiger partial charge is 0.316 e. The fourth-order valence-electron chi connectivity index (χ4n) is 2.53. The highest BCUT2D eigenvalue weighted by Gasteiger charge is 2.07. The summed E-state index contributed by atoms with van der Waals surface area (Å²) in [5.74, 6) is 0.637. The van der Waals surface area contributed by atoms with Gasteiger partial charge in [0.1, 0.15) is 0 Å². The Morgan fingerprint density at radius 2 is 1.75 bits per heavy atom. The molecule has 0 spiro atoms. The number of benzene rings is 2. The van der Waals surface area contributed by atoms with E-state index in [0.29, 0.717) is 5.92 Å². The van der Waals surface area contributed by atoms with E-state index in [4.69, 9.17) is 0 Å². The maximum absolute atomic E-state index is 3.25. The monoisotopic (exact) mass is 267 g/mol. The highest BCUT2D eigenvalue weighted by molar-refractivity contribution is 5.68. The van der Waals surface area contributed by atoms with E-state index in [9.17, 15) is 0 Å². The Balaban J connectivity index is 2.38. The fraction of sp³-hybridized carbons (Fsp3) is 0.368. The second-order valence-corrected chi connectivity index (χ2v) is 5.62. The van der Waals surface area contributed by atoms with Gasteiger partial charge >= 0.3 is 0 Å². The number of nitrogens with one attached hydrogen (secondary N) is 1. The van der Waals surface area contributed by atoms with Crippen LogP contribution in [0.5, 0.6) is 0 Å². The maximum Gasteiger partial charge on any atom is 0.0208 e. The minimum atomic E-state index is 0.637. The van der Waals surface area contributed by atoms with Crippen LogP contribution in [0.25, 0.3) is 11.1 Å². The summed E-state index contributed by atoms with van der Waals surface area (Å²) in [6.45, 7) is 7.58. The van der Waals surface area contributed by atoms with Crippen molar-refractivity contribution >= 4 is 0 Å². The molecule has 1 atom stereocenters. The summed E-state index contributed by atoms with van der Waals surface area (Å²) < 4.78 is 0. The highest BCUT2D eigenvalue weighted by Crippen LogP contribution is 2.27. The van der Waals surface area contributed by atoms with E-state index in [0.717, 1.165) is 6.54 Å². The summed E-state index contributed by atoms with van der Waals surface area (Å²) in [4.78, 5) is 0. The van der Waals surface area contributed by atoms with Crippen LogP contribution in [0.2, 0.25) is 0 Å². The third-order valence-corrected chi connectivity index (χ3v) is 4.04. The molecule has 0 radical (unpaired) electrons. The molecule has 0 aromatic heterocycles. The zero-order chi connectivity index (χ0) is 14.5. The lowest BCUT2D eigenvalue weighted by Crippen LogP contribution is -2.06. The number of aryl methyl sites for hydroxylation is 1. The first-order chi connectivity index (χ1) is 9.65. The average molecular weight is 267 g/mol. The Kier molecular flexibility index (Phi) is 4.97. The van der Waals surface area contributed by atoms with Crippen LogP contribution in [-0.4, -0.2) is 7.05 Å². The summed E-state index contributed by atoms with van der Waals surface area (Å²) in [7, 11) is 2.00. The SMILES string of the molecule is CCC(C)c1ccc(-c2cc(C)ccc2CNC)cc1. The molecule has 2 aromatic carbocycles. The van der Waals surface area contributed by atoms with Crippen LogP contribution in [0, 0.1) is 6.92 Å². The molecule has 1 heteroatoms. The van der Waals surface area contributed by atoms with Crippen molar-refractivity contribution in [2.75, 3.05) is 7.05 Å². The minimum Gasteiger partial charge on any atom is -0.316 e. The Morgan fingerprint density at radius 3 is 2.35 bits per heavy atom. The zero-order valence-corrected chi connectivity index (χ0v) is 13.0. The maximum atomic E-state index is 3.25. The van der Waals surface area contributed by atoms with Crippen molar-refractivity contribution in [1.82, 2.24) is 5.32 Å². The molecule has 0 aliphatic heterocycles. The van der Waals surface area contributed by atoms with Gasteiger partial charge in [0, 0.05) is 6.54 Å². The van der Waals surface area contributed by atoms with Crippen LogP contribution >= 0.6 is 0 Å². The molecule has 1 N–H and O–H groups in total. The van der Waals surface area contributed by atoms with Crippen LogP contribution in [0.4, 0.5) is 0 Å². The molecule has 0 bridgehead atoms. The topological polar surface area (TPSA) is 12.0 Å². The van der Waals surface area contributed by atoms with Crippen LogP contribution < -0.4 is 5.32 Å². The summed E-state index contributed by atoms with van der Waals surface area (Å²) in [6, 6.07) is 15.8. The van der Waals surface area contributed by atoms with Crippen LogP contribution in [0.15, 0.2) is 42.5 Å². The van der Waals surface area contributed by atoms with Gasteiger partial charge in [-0.15, -0.1) is 0 Å². The normalized spacial score (nSPS) is 12.4. The molecular formula is C19H25N. The molecule has 0 aliphatic rings. The van der Waals surface area contributed by atoms with E-state index >= 15 is 0 Å². The smallest absolute Gasteiger partial charge is 0.0208 e. The van der Waals surface area contributed by atoms with Gasteiger partial charge < -0.3 is 5.32 Å². The predicted molar refractivity (Wildman–Crippen MR) is 88.1 cm³/mol. The van der Waals surface area contributed by atoms with Gasteiger partial charge in [0.15, 0.2) is 0 Å². The lowest BCUT2D eigenvalue weighted by molar-refractivity contribution is 0.734. The van der Waals surface area contributed by atoms with Crippen LogP contribution in [-0.2, 0) is 6.54 Å². The fourth-order valence-corrected chi connectivity index (χ4v) is 2.53. The van der Waals surface area contributed by atoms with Crippen molar-refractivity contribution in [3.05, 3.63) is 59.2 Å². The van der Waals surface area contributed by atoms with Gasteiger partial charge in [0.2, 0.25) is 0 Å². The third-order valence-electron chi connectivity index (χ3n) is 4.04. The summed E-state index contributed by atoms with van der Waals surface area (Å²) in [5, 5.41) is 3.25. The van der Waals surface area contributed by atoms with Crippen molar-refractivity contribution in [1.29, 1.82) is 0 Å². The molecular weight excluding hydrogens is 242 g/mol. The summed E-state index contributed by atoms with van der Waals surface area (Å²) >= 11 is 0. The van der Waals surface area contributed by atoms with Gasteiger partial charge in [0.25, 0.3) is 0 Å². The van der Waals surface area contributed by atoms with Gasteiger partial charge in [-0.3, -0.25) is 0 Å². The molecule has 0 saturated heterocycles. The van der Waals surface area contributed by atoms with Gasteiger partial charge in [-0.2, -0.15) is 0 Å². The Bertz CT molecular complexity index is 554. The van der Waals surface area contributed by atoms with Crippen LogP contribution in [0.3, 0.4) is 0 Å². The first-order valence-electron chi connectivity index (χ1n) is 7.50. The van der Waals surface area contributed by atoms with E-state index < -0.39 is 0 Å². The molecule has 106 valence electrons. The summed E-state index contributed by atoms with van der Waals surface area (Å²) in [6.07, 6.45) is 1.19. The molecule has 0 amide bonds. The van der Waals surface area contributed by atoms with Gasteiger partial charge in [-0.1, -0.05) is 61.9 Å². The average Bonchev–Trinajstić information content (AvgIpc) is 2.48. The van der Waals surface area contributed by atoms with Gasteiger partial charge in [-0.05, 0) is 48.6 Å². The highest BCUT2D eigenvalue weighted by atomic mass is 14.8. The Hall–Kier alpha value is -1.60. The van der Waals surface area contributed by atoms with Crippen molar-refractivity contribution in [3.8, 4) is 11.1 Å². The summed E-state index contributed by atoms with van der Waals surface area (Å²) in [5.41, 5.74) is 6.75. The first-order valence-corrected chi connectivity index (χ1v) is 7.50. The van der Waals surface area contributed by atoms with Crippen molar-refractivity contribution in [2.45, 2.75) is 39.7 Å². The van der Waals surface area contributed by atoms with Crippen molar-refractivity contribution in [2.24, 2.45) is 0 Å². The number of rotatable bonds is 5. The molecule has 2 rings (SSSR count). The lowest BCUT2D eigenvalue weighted by atomic mass is 9.93. The van der Waals surface area contributed by atoms with E-state index in [2.05, 4.69) is 68.6 Å². The van der Waals surface area contributed by atoms with E-state index in [-0.39, 0.29) is 0 Å².